The lowest BCUT2D eigenvalue weighted by Gasteiger charge is -2.06. The number of aromatic amines is 1. The number of H-pyrrole nitrogens is 1. The Labute approximate surface area is 182 Å². The van der Waals surface area contributed by atoms with E-state index in [-0.39, 0.29) is 18.0 Å². The first kappa shape index (κ1) is 25.4. The number of nitrogens with one attached hydrogen (secondary N) is 3. The van der Waals surface area contributed by atoms with Crippen LogP contribution >= 0.6 is 0 Å². The summed E-state index contributed by atoms with van der Waals surface area (Å²) in [5.74, 6) is -0.618. The fourth-order valence-electron chi connectivity index (χ4n) is 2.74. The van der Waals surface area contributed by atoms with Crippen molar-refractivity contribution < 1.29 is 14.0 Å². The molecule has 0 bridgehead atoms. The van der Waals surface area contributed by atoms with Gasteiger partial charge in [-0.2, -0.15) is 5.10 Å². The Bertz CT molecular complexity index is 1050. The van der Waals surface area contributed by atoms with E-state index in [1.807, 2.05) is 68.1 Å². The third-order valence-corrected chi connectivity index (χ3v) is 4.13. The normalized spacial score (nSPS) is 10.0. The standard InChI is InChI=1S/C18H19N5O2.C4H8.CH3F/c1-11(2)20-18(25)17-14(9-19-22-17)21-16(24)8-12-10-23(3)15-7-5-4-6-13(12)15;1-3-4-2;1-2/h4-7,9-10H,1,8H2,2-3H3,(H,19,22)(H,20,25)(H,21,24);3-4H,1-2H3;1H3/b;4-3-;. The Balaban J connectivity index is 0.000000720. The van der Waals surface area contributed by atoms with Gasteiger partial charge in [0.1, 0.15) is 5.69 Å². The van der Waals surface area contributed by atoms with Gasteiger partial charge in [-0.1, -0.05) is 36.9 Å². The molecule has 3 N–H and O–H groups in total. The van der Waals surface area contributed by atoms with Crippen LogP contribution in [0.4, 0.5) is 10.1 Å². The van der Waals surface area contributed by atoms with Crippen molar-refractivity contribution in [2.24, 2.45) is 7.05 Å². The van der Waals surface area contributed by atoms with Crippen LogP contribution in [0.1, 0.15) is 36.8 Å². The number of halogens is 1. The maximum absolute atomic E-state index is 12.4. The van der Waals surface area contributed by atoms with E-state index in [2.05, 4.69) is 27.4 Å². The molecule has 0 aliphatic carbocycles. The summed E-state index contributed by atoms with van der Waals surface area (Å²) in [5, 5.41) is 12.8. The fourth-order valence-corrected chi connectivity index (χ4v) is 2.74. The Morgan fingerprint density at radius 3 is 2.48 bits per heavy atom. The van der Waals surface area contributed by atoms with E-state index >= 15 is 0 Å². The number of anilines is 1. The number of alkyl halides is 1. The number of amides is 2. The monoisotopic (exact) mass is 427 g/mol. The molecule has 166 valence electrons. The average molecular weight is 428 g/mol. The minimum Gasteiger partial charge on any atom is -0.350 e. The van der Waals surface area contributed by atoms with Crippen molar-refractivity contribution >= 4 is 28.4 Å². The largest absolute Gasteiger partial charge is 0.350 e. The molecule has 2 heterocycles. The minimum absolute atomic E-state index is 0.189. The van der Waals surface area contributed by atoms with Crippen LogP contribution in [0.2, 0.25) is 0 Å². The maximum atomic E-state index is 12.4. The van der Waals surface area contributed by atoms with E-state index < -0.39 is 5.91 Å². The molecule has 0 spiro atoms. The topological polar surface area (TPSA) is 91.8 Å². The van der Waals surface area contributed by atoms with Gasteiger partial charge in [0.25, 0.3) is 5.91 Å². The molecule has 0 saturated heterocycles. The second-order valence-electron chi connectivity index (χ2n) is 6.57. The molecule has 0 atom stereocenters. The second-order valence-corrected chi connectivity index (χ2v) is 6.57. The van der Waals surface area contributed by atoms with Crippen LogP contribution in [-0.4, -0.2) is 33.8 Å². The molecule has 0 aliphatic rings. The van der Waals surface area contributed by atoms with Crippen LogP contribution in [0.3, 0.4) is 0 Å². The van der Waals surface area contributed by atoms with Gasteiger partial charge in [0.2, 0.25) is 5.91 Å². The number of carbonyl (C=O) groups is 2. The summed E-state index contributed by atoms with van der Waals surface area (Å²) in [5.41, 5.74) is 3.02. The molecule has 0 aliphatic heterocycles. The Morgan fingerprint density at radius 1 is 1.23 bits per heavy atom. The molecule has 0 fully saturated rings. The van der Waals surface area contributed by atoms with E-state index in [9.17, 15) is 14.0 Å². The number of aromatic nitrogens is 3. The number of nitrogens with zero attached hydrogens (tertiary/aromatic N) is 2. The highest BCUT2D eigenvalue weighted by molar-refractivity contribution is 6.03. The third kappa shape index (κ3) is 7.26. The molecule has 3 aromatic rings. The Morgan fingerprint density at radius 2 is 1.87 bits per heavy atom. The molecule has 7 nitrogen and oxygen atoms in total. The molecule has 0 saturated carbocycles. The van der Waals surface area contributed by atoms with Gasteiger partial charge in [-0.25, -0.2) is 0 Å². The second kappa shape index (κ2) is 12.8. The van der Waals surface area contributed by atoms with Gasteiger partial charge in [-0.3, -0.25) is 19.1 Å². The highest BCUT2D eigenvalue weighted by atomic mass is 19.1. The number of benzene rings is 1. The summed E-state index contributed by atoms with van der Waals surface area (Å²) in [4.78, 5) is 24.5. The molecule has 8 heteroatoms. The van der Waals surface area contributed by atoms with Crippen molar-refractivity contribution in [3.8, 4) is 0 Å². The van der Waals surface area contributed by atoms with E-state index in [1.165, 1.54) is 6.20 Å². The van der Waals surface area contributed by atoms with Crippen LogP contribution in [0.25, 0.3) is 10.9 Å². The summed E-state index contributed by atoms with van der Waals surface area (Å²) in [7, 11) is 2.44. The number of hydrogen-bond donors (Lipinski definition) is 3. The van der Waals surface area contributed by atoms with Gasteiger partial charge >= 0.3 is 0 Å². The molecular weight excluding hydrogens is 397 g/mol. The number of aryl methyl sites for hydroxylation is 1. The lowest BCUT2D eigenvalue weighted by atomic mass is 10.1. The number of rotatable bonds is 5. The van der Waals surface area contributed by atoms with E-state index in [0.717, 1.165) is 16.5 Å². The van der Waals surface area contributed by atoms with Crippen molar-refractivity contribution in [2.75, 3.05) is 12.5 Å². The molecule has 3 rings (SSSR count). The molecule has 2 aromatic heterocycles. The van der Waals surface area contributed by atoms with Crippen molar-refractivity contribution in [1.29, 1.82) is 0 Å². The maximum Gasteiger partial charge on any atom is 0.275 e. The Kier molecular flexibility index (Phi) is 10.5. The lowest BCUT2D eigenvalue weighted by molar-refractivity contribution is -0.115. The fraction of sp³-hybridized carbons (Fsp3) is 0.261. The summed E-state index contributed by atoms with van der Waals surface area (Å²) in [6, 6.07) is 7.90. The summed E-state index contributed by atoms with van der Waals surface area (Å²) in [6.07, 6.45) is 7.55. The molecular formula is C23H30FN5O2. The highest BCUT2D eigenvalue weighted by Crippen LogP contribution is 2.21. The highest BCUT2D eigenvalue weighted by Gasteiger charge is 2.17. The predicted molar refractivity (Wildman–Crippen MR) is 124 cm³/mol. The van der Waals surface area contributed by atoms with E-state index in [1.54, 1.807) is 6.92 Å². The molecule has 0 unspecified atom stereocenters. The van der Waals surface area contributed by atoms with Crippen molar-refractivity contribution in [2.45, 2.75) is 27.2 Å². The predicted octanol–water partition coefficient (Wildman–Crippen LogP) is 4.51. The van der Waals surface area contributed by atoms with Crippen LogP contribution in [-0.2, 0) is 18.3 Å². The summed E-state index contributed by atoms with van der Waals surface area (Å²) >= 11 is 0. The number of allylic oxidation sites excluding steroid dienone is 3. The first-order valence-corrected chi connectivity index (χ1v) is 9.65. The van der Waals surface area contributed by atoms with Crippen LogP contribution in [0.5, 0.6) is 0 Å². The number of hydrogen-bond acceptors (Lipinski definition) is 3. The average Bonchev–Trinajstić information content (AvgIpc) is 3.34. The number of fused-ring (bicyclic) bond motifs is 1. The zero-order valence-electron chi connectivity index (χ0n) is 18.6. The van der Waals surface area contributed by atoms with Gasteiger partial charge in [0.05, 0.1) is 25.5 Å². The van der Waals surface area contributed by atoms with Crippen LogP contribution in [0, 0.1) is 0 Å². The molecule has 0 radical (unpaired) electrons. The number of para-hydroxylation sites is 1. The van der Waals surface area contributed by atoms with E-state index in [4.69, 9.17) is 0 Å². The van der Waals surface area contributed by atoms with Gasteiger partial charge in [0.15, 0.2) is 0 Å². The van der Waals surface area contributed by atoms with Gasteiger partial charge in [-0.05, 0) is 32.4 Å². The minimum atomic E-state index is -0.398. The zero-order chi connectivity index (χ0) is 23.4. The van der Waals surface area contributed by atoms with Gasteiger partial charge < -0.3 is 15.2 Å². The SMILES string of the molecule is C/C=C\C.C=C(C)NC(=O)c1[nH]ncc1NC(=O)Cc1cn(C)c2ccccc12.CF. The number of carbonyl (C=O) groups excluding carboxylic acids is 2. The lowest BCUT2D eigenvalue weighted by Crippen LogP contribution is -2.23. The first-order chi connectivity index (χ1) is 14.9. The quantitative estimate of drug-likeness (QED) is 0.523. The summed E-state index contributed by atoms with van der Waals surface area (Å²) < 4.78 is 11.5. The van der Waals surface area contributed by atoms with Crippen molar-refractivity contribution in [3.05, 3.63) is 72.3 Å². The van der Waals surface area contributed by atoms with Gasteiger partial charge in [-0.15, -0.1) is 0 Å². The Hall–Kier alpha value is -3.68. The van der Waals surface area contributed by atoms with Crippen molar-refractivity contribution in [3.63, 3.8) is 0 Å². The first-order valence-electron chi connectivity index (χ1n) is 9.65. The van der Waals surface area contributed by atoms with Crippen LogP contribution in [0.15, 0.2) is 61.1 Å². The van der Waals surface area contributed by atoms with Gasteiger partial charge in [0, 0.05) is 29.8 Å². The van der Waals surface area contributed by atoms with Crippen LogP contribution < -0.4 is 10.6 Å². The summed E-state index contributed by atoms with van der Waals surface area (Å²) in [6.45, 7) is 9.30. The smallest absolute Gasteiger partial charge is 0.275 e. The zero-order valence-corrected chi connectivity index (χ0v) is 18.6. The molecule has 2 amide bonds. The molecule has 31 heavy (non-hydrogen) atoms. The third-order valence-electron chi connectivity index (χ3n) is 4.13. The molecule has 1 aromatic carbocycles. The van der Waals surface area contributed by atoms with Crippen molar-refractivity contribution in [1.82, 2.24) is 20.1 Å². The van der Waals surface area contributed by atoms with E-state index in [0.29, 0.717) is 18.6 Å².